The summed E-state index contributed by atoms with van der Waals surface area (Å²) in [5, 5.41) is 13.4. The fourth-order valence-electron chi connectivity index (χ4n) is 1.91. The van der Waals surface area contributed by atoms with Gasteiger partial charge in [0, 0.05) is 6.42 Å². The van der Waals surface area contributed by atoms with Crippen LogP contribution < -0.4 is 4.74 Å². The number of nitrogens with zero attached hydrogens (tertiary/aromatic N) is 2. The maximum atomic E-state index is 9.53. The van der Waals surface area contributed by atoms with E-state index in [-0.39, 0.29) is 6.61 Å². The molecule has 2 aromatic rings. The first-order valence-corrected chi connectivity index (χ1v) is 6.83. The lowest BCUT2D eigenvalue weighted by Crippen LogP contribution is -1.99. The van der Waals surface area contributed by atoms with Gasteiger partial charge in [0.05, 0.1) is 6.10 Å². The lowest BCUT2D eigenvalue weighted by Gasteiger charge is -2.10. The fourth-order valence-corrected chi connectivity index (χ4v) is 1.91. The predicted octanol–water partition coefficient (Wildman–Crippen LogP) is 2.96. The SMILES string of the molecule is CCCc1noc(COc2ccc([C@@H](C)O)cc2C)n1. The number of aromatic nitrogens is 2. The lowest BCUT2D eigenvalue weighted by molar-refractivity contribution is 0.198. The highest BCUT2D eigenvalue weighted by molar-refractivity contribution is 5.36. The molecule has 0 aliphatic carbocycles. The Morgan fingerprint density at radius 1 is 1.40 bits per heavy atom. The summed E-state index contributed by atoms with van der Waals surface area (Å²) in [4.78, 5) is 4.25. The minimum Gasteiger partial charge on any atom is -0.483 e. The summed E-state index contributed by atoms with van der Waals surface area (Å²) >= 11 is 0. The van der Waals surface area contributed by atoms with E-state index >= 15 is 0 Å². The van der Waals surface area contributed by atoms with Gasteiger partial charge in [-0.15, -0.1) is 0 Å². The van der Waals surface area contributed by atoms with Crippen molar-refractivity contribution < 1.29 is 14.4 Å². The lowest BCUT2D eigenvalue weighted by atomic mass is 10.1. The molecule has 0 bridgehead atoms. The number of rotatable bonds is 6. The second-order valence-electron chi connectivity index (χ2n) is 4.84. The number of hydrogen-bond acceptors (Lipinski definition) is 5. The first kappa shape index (κ1) is 14.5. The Labute approximate surface area is 118 Å². The molecule has 0 spiro atoms. The monoisotopic (exact) mass is 276 g/mol. The smallest absolute Gasteiger partial charge is 0.264 e. The van der Waals surface area contributed by atoms with E-state index in [0.717, 1.165) is 29.7 Å². The van der Waals surface area contributed by atoms with Crippen molar-refractivity contribution in [2.24, 2.45) is 0 Å². The molecule has 108 valence electrons. The zero-order valence-electron chi connectivity index (χ0n) is 12.1. The summed E-state index contributed by atoms with van der Waals surface area (Å²) in [6, 6.07) is 5.61. The topological polar surface area (TPSA) is 68.4 Å². The largest absolute Gasteiger partial charge is 0.483 e. The van der Waals surface area contributed by atoms with Gasteiger partial charge in [-0.05, 0) is 43.5 Å². The van der Waals surface area contributed by atoms with Crippen LogP contribution in [0.5, 0.6) is 5.75 Å². The van der Waals surface area contributed by atoms with E-state index in [2.05, 4.69) is 17.1 Å². The second kappa shape index (κ2) is 6.52. The van der Waals surface area contributed by atoms with E-state index in [1.165, 1.54) is 0 Å². The molecule has 1 aromatic heterocycles. The molecule has 0 amide bonds. The average Bonchev–Trinajstić information content (AvgIpc) is 2.85. The molecular weight excluding hydrogens is 256 g/mol. The Hall–Kier alpha value is -1.88. The molecule has 5 heteroatoms. The van der Waals surface area contributed by atoms with Crippen molar-refractivity contribution in [1.82, 2.24) is 10.1 Å². The fraction of sp³-hybridized carbons (Fsp3) is 0.467. The van der Waals surface area contributed by atoms with Crippen LogP contribution >= 0.6 is 0 Å². The Kier molecular flexibility index (Phi) is 4.74. The first-order chi connectivity index (χ1) is 9.60. The minimum absolute atomic E-state index is 0.256. The van der Waals surface area contributed by atoms with Crippen molar-refractivity contribution in [2.75, 3.05) is 0 Å². The van der Waals surface area contributed by atoms with Gasteiger partial charge < -0.3 is 14.4 Å². The van der Waals surface area contributed by atoms with Gasteiger partial charge in [-0.1, -0.05) is 18.1 Å². The van der Waals surface area contributed by atoms with Crippen LogP contribution in [0.3, 0.4) is 0 Å². The van der Waals surface area contributed by atoms with Crippen molar-refractivity contribution in [1.29, 1.82) is 0 Å². The van der Waals surface area contributed by atoms with Gasteiger partial charge in [-0.2, -0.15) is 4.98 Å². The van der Waals surface area contributed by atoms with Crippen LogP contribution in [0.4, 0.5) is 0 Å². The van der Waals surface area contributed by atoms with Gasteiger partial charge in [-0.25, -0.2) is 0 Å². The van der Waals surface area contributed by atoms with Crippen LogP contribution in [-0.4, -0.2) is 15.2 Å². The van der Waals surface area contributed by atoms with Crippen LogP contribution in [0, 0.1) is 6.92 Å². The number of aliphatic hydroxyl groups is 1. The van der Waals surface area contributed by atoms with Gasteiger partial charge in [-0.3, -0.25) is 0 Å². The van der Waals surface area contributed by atoms with E-state index in [1.54, 1.807) is 6.92 Å². The van der Waals surface area contributed by atoms with Crippen molar-refractivity contribution in [3.8, 4) is 5.75 Å². The molecule has 0 aliphatic heterocycles. The third-order valence-corrected chi connectivity index (χ3v) is 3.02. The van der Waals surface area contributed by atoms with Crippen molar-refractivity contribution >= 4 is 0 Å². The van der Waals surface area contributed by atoms with Gasteiger partial charge in [0.15, 0.2) is 12.4 Å². The molecule has 0 aliphatic rings. The van der Waals surface area contributed by atoms with E-state index in [9.17, 15) is 5.11 Å². The normalized spacial score (nSPS) is 12.4. The molecule has 1 atom stereocenters. The average molecular weight is 276 g/mol. The molecule has 0 saturated heterocycles. The highest BCUT2D eigenvalue weighted by atomic mass is 16.5. The summed E-state index contributed by atoms with van der Waals surface area (Å²) in [6.07, 6.45) is 1.32. The summed E-state index contributed by atoms with van der Waals surface area (Å²) in [6.45, 7) is 6.01. The van der Waals surface area contributed by atoms with E-state index in [1.807, 2.05) is 25.1 Å². The summed E-state index contributed by atoms with van der Waals surface area (Å²) in [5.74, 6) is 1.95. The molecule has 0 saturated carbocycles. The zero-order chi connectivity index (χ0) is 14.5. The van der Waals surface area contributed by atoms with Gasteiger partial charge >= 0.3 is 0 Å². The van der Waals surface area contributed by atoms with Crippen LogP contribution in [0.15, 0.2) is 22.7 Å². The Morgan fingerprint density at radius 2 is 2.20 bits per heavy atom. The number of hydrogen-bond donors (Lipinski definition) is 1. The van der Waals surface area contributed by atoms with Crippen molar-refractivity contribution in [2.45, 2.75) is 46.3 Å². The van der Waals surface area contributed by atoms with Crippen LogP contribution in [0.25, 0.3) is 0 Å². The number of aryl methyl sites for hydroxylation is 2. The molecule has 0 radical (unpaired) electrons. The quantitative estimate of drug-likeness (QED) is 0.878. The highest BCUT2D eigenvalue weighted by Crippen LogP contribution is 2.23. The second-order valence-corrected chi connectivity index (χ2v) is 4.84. The Morgan fingerprint density at radius 3 is 2.85 bits per heavy atom. The number of aliphatic hydroxyl groups excluding tert-OH is 1. The van der Waals surface area contributed by atoms with Gasteiger partial charge in [0.25, 0.3) is 5.89 Å². The minimum atomic E-state index is -0.477. The molecular formula is C15H20N2O3. The standard InChI is InChI=1S/C15H20N2O3/c1-4-5-14-16-15(20-17-14)9-19-13-7-6-12(11(3)18)8-10(13)2/h6-8,11,18H,4-5,9H2,1-3H3/t11-/m1/s1. The number of benzene rings is 1. The summed E-state index contributed by atoms with van der Waals surface area (Å²) < 4.78 is 10.8. The first-order valence-electron chi connectivity index (χ1n) is 6.83. The maximum absolute atomic E-state index is 9.53. The van der Waals surface area contributed by atoms with Crippen LogP contribution in [0.2, 0.25) is 0 Å². The molecule has 0 unspecified atom stereocenters. The highest BCUT2D eigenvalue weighted by Gasteiger charge is 2.09. The number of ether oxygens (including phenoxy) is 1. The van der Waals surface area contributed by atoms with E-state index < -0.39 is 6.10 Å². The van der Waals surface area contributed by atoms with Gasteiger partial charge in [0.1, 0.15) is 5.75 Å². The Bertz CT molecular complexity index is 564. The van der Waals surface area contributed by atoms with Crippen molar-refractivity contribution in [3.63, 3.8) is 0 Å². The molecule has 2 rings (SSSR count). The molecule has 0 fully saturated rings. The van der Waals surface area contributed by atoms with Crippen LogP contribution in [0.1, 0.15) is 49.2 Å². The van der Waals surface area contributed by atoms with E-state index in [0.29, 0.717) is 11.7 Å². The summed E-state index contributed by atoms with van der Waals surface area (Å²) in [7, 11) is 0. The van der Waals surface area contributed by atoms with E-state index in [4.69, 9.17) is 9.26 Å². The molecule has 1 N–H and O–H groups in total. The Balaban J connectivity index is 1.99. The molecule has 20 heavy (non-hydrogen) atoms. The van der Waals surface area contributed by atoms with Crippen molar-refractivity contribution in [3.05, 3.63) is 41.0 Å². The third-order valence-electron chi connectivity index (χ3n) is 3.02. The van der Waals surface area contributed by atoms with Gasteiger partial charge in [0.2, 0.25) is 0 Å². The molecule has 1 aromatic carbocycles. The third kappa shape index (κ3) is 3.57. The predicted molar refractivity (Wildman–Crippen MR) is 74.4 cm³/mol. The zero-order valence-corrected chi connectivity index (χ0v) is 12.1. The maximum Gasteiger partial charge on any atom is 0.264 e. The van der Waals surface area contributed by atoms with Crippen LogP contribution in [-0.2, 0) is 13.0 Å². The summed E-state index contributed by atoms with van der Waals surface area (Å²) in [5.41, 5.74) is 1.84. The molecule has 1 heterocycles. The molecule has 5 nitrogen and oxygen atoms in total.